The van der Waals surface area contributed by atoms with Crippen LogP contribution in [0.4, 0.5) is 0 Å². The minimum Gasteiger partial charge on any atom is -0.354 e. The van der Waals surface area contributed by atoms with Crippen LogP contribution >= 0.6 is 0 Å². The van der Waals surface area contributed by atoms with Gasteiger partial charge < -0.3 is 15.5 Å². The van der Waals surface area contributed by atoms with Gasteiger partial charge >= 0.3 is 0 Å². The van der Waals surface area contributed by atoms with E-state index in [0.29, 0.717) is 12.1 Å². The minimum absolute atomic E-state index is 0.00530. The molecule has 2 amide bonds. The van der Waals surface area contributed by atoms with Gasteiger partial charge in [0.1, 0.15) is 6.04 Å². The highest BCUT2D eigenvalue weighted by molar-refractivity contribution is 5.97. The van der Waals surface area contributed by atoms with Crippen molar-refractivity contribution < 1.29 is 9.59 Å². The predicted octanol–water partition coefficient (Wildman–Crippen LogP) is 2.45. The van der Waals surface area contributed by atoms with Crippen LogP contribution in [0.2, 0.25) is 0 Å². The first-order valence-electron chi connectivity index (χ1n) is 8.82. The lowest BCUT2D eigenvalue weighted by Crippen LogP contribution is -2.52. The van der Waals surface area contributed by atoms with E-state index in [1.165, 1.54) is 0 Å². The van der Waals surface area contributed by atoms with E-state index >= 15 is 0 Å². The molecule has 5 nitrogen and oxygen atoms in total. The Hall–Kier alpha value is -1.88. The lowest BCUT2D eigenvalue weighted by molar-refractivity contribution is -0.124. The fourth-order valence-electron chi connectivity index (χ4n) is 2.89. The monoisotopic (exact) mass is 347 g/mol. The maximum Gasteiger partial charge on any atom is 0.251 e. The Balaban J connectivity index is 2.72. The highest BCUT2D eigenvalue weighted by Crippen LogP contribution is 2.15. The number of carbonyl (C=O) groups is 2. The molecule has 0 fully saturated rings. The Bertz CT molecular complexity index is 594. The number of hydrogen-bond donors (Lipinski definition) is 2. The second kappa shape index (κ2) is 8.99. The fourth-order valence-corrected chi connectivity index (χ4v) is 2.89. The molecular formula is C20H33N3O2. The van der Waals surface area contributed by atoms with Crippen LogP contribution in [0.15, 0.2) is 24.3 Å². The predicted molar refractivity (Wildman–Crippen MR) is 103 cm³/mol. The zero-order valence-electron chi connectivity index (χ0n) is 16.6. The molecule has 0 aromatic heterocycles. The van der Waals surface area contributed by atoms with Crippen LogP contribution in [-0.4, -0.2) is 49.9 Å². The van der Waals surface area contributed by atoms with Crippen LogP contribution in [-0.2, 0) is 4.79 Å². The molecular weight excluding hydrogens is 314 g/mol. The molecule has 1 atom stereocenters. The number of carbonyl (C=O) groups excluding carboxylic acids is 2. The normalized spacial score (nSPS) is 13.0. The van der Waals surface area contributed by atoms with E-state index in [9.17, 15) is 9.59 Å². The van der Waals surface area contributed by atoms with Gasteiger partial charge in [-0.05, 0) is 44.5 Å². The van der Waals surface area contributed by atoms with Crippen LogP contribution in [0, 0.1) is 18.3 Å². The van der Waals surface area contributed by atoms with Gasteiger partial charge in [-0.25, -0.2) is 0 Å². The minimum atomic E-state index is -0.553. The molecule has 25 heavy (non-hydrogen) atoms. The van der Waals surface area contributed by atoms with Crippen LogP contribution in [0.1, 0.15) is 43.6 Å². The molecule has 0 saturated heterocycles. The van der Waals surface area contributed by atoms with Gasteiger partial charge in [0.15, 0.2) is 0 Å². The van der Waals surface area contributed by atoms with E-state index in [-0.39, 0.29) is 23.1 Å². The molecule has 0 radical (unpaired) electrons. The van der Waals surface area contributed by atoms with Gasteiger partial charge in [0.2, 0.25) is 5.91 Å². The number of amides is 2. The third-order valence-electron chi connectivity index (χ3n) is 4.00. The van der Waals surface area contributed by atoms with E-state index in [1.807, 2.05) is 53.1 Å². The third-order valence-corrected chi connectivity index (χ3v) is 4.00. The molecule has 1 aromatic carbocycles. The van der Waals surface area contributed by atoms with Crippen LogP contribution in [0.25, 0.3) is 0 Å². The van der Waals surface area contributed by atoms with Crippen molar-refractivity contribution in [3.8, 4) is 0 Å². The molecule has 0 bridgehead atoms. The fraction of sp³-hybridized carbons (Fsp3) is 0.600. The summed E-state index contributed by atoms with van der Waals surface area (Å²) in [4.78, 5) is 27.2. The van der Waals surface area contributed by atoms with Gasteiger partial charge in [0, 0.05) is 18.7 Å². The number of nitrogens with one attached hydrogen (secondary N) is 2. The molecule has 0 heterocycles. The first-order valence-corrected chi connectivity index (χ1v) is 8.82. The second-order valence-electron chi connectivity index (χ2n) is 8.18. The molecule has 0 saturated carbocycles. The van der Waals surface area contributed by atoms with Crippen molar-refractivity contribution in [3.05, 3.63) is 35.4 Å². The van der Waals surface area contributed by atoms with Crippen molar-refractivity contribution in [2.24, 2.45) is 11.3 Å². The Labute approximate surface area is 152 Å². The van der Waals surface area contributed by atoms with Crippen molar-refractivity contribution in [1.29, 1.82) is 0 Å². The summed E-state index contributed by atoms with van der Waals surface area (Å²) in [6, 6.07) is 6.82. The summed E-state index contributed by atoms with van der Waals surface area (Å²) < 4.78 is 0. The summed E-state index contributed by atoms with van der Waals surface area (Å²) in [6.45, 7) is 11.5. The number of aryl methyl sites for hydroxylation is 1. The zero-order chi connectivity index (χ0) is 19.2. The highest BCUT2D eigenvalue weighted by atomic mass is 16.2. The lowest BCUT2D eigenvalue weighted by atomic mass is 9.92. The number of benzene rings is 1. The standard InChI is InChI=1S/C20H33N3O2/c1-14(2)17(19(25)21-12-20(4,5)13-23(6)7)22-18(24)16-10-8-9-15(3)11-16/h8-11,14,17H,12-13H2,1-7H3,(H,21,25)(H,22,24)/t17-/m0/s1. The molecule has 0 aliphatic carbocycles. The number of nitrogens with zero attached hydrogens (tertiary/aromatic N) is 1. The molecule has 0 spiro atoms. The van der Waals surface area contributed by atoms with E-state index in [0.717, 1.165) is 12.1 Å². The topological polar surface area (TPSA) is 61.4 Å². The summed E-state index contributed by atoms with van der Waals surface area (Å²) in [5, 5.41) is 5.87. The number of hydrogen-bond acceptors (Lipinski definition) is 3. The SMILES string of the molecule is Cc1cccc(C(=O)N[C@H](C(=O)NCC(C)(C)CN(C)C)C(C)C)c1. The molecule has 1 rings (SSSR count). The summed E-state index contributed by atoms with van der Waals surface area (Å²) in [5.41, 5.74) is 1.55. The zero-order valence-corrected chi connectivity index (χ0v) is 16.6. The summed E-state index contributed by atoms with van der Waals surface area (Å²) in [7, 11) is 4.03. The van der Waals surface area contributed by atoms with Crippen molar-refractivity contribution >= 4 is 11.8 Å². The van der Waals surface area contributed by atoms with Crippen molar-refractivity contribution in [2.45, 2.75) is 40.7 Å². The summed E-state index contributed by atoms with van der Waals surface area (Å²) in [6.07, 6.45) is 0. The van der Waals surface area contributed by atoms with E-state index in [1.54, 1.807) is 6.07 Å². The molecule has 2 N–H and O–H groups in total. The second-order valence-corrected chi connectivity index (χ2v) is 8.18. The number of rotatable bonds is 8. The van der Waals surface area contributed by atoms with Gasteiger partial charge in [-0.1, -0.05) is 45.4 Å². The van der Waals surface area contributed by atoms with Crippen LogP contribution < -0.4 is 10.6 Å². The lowest BCUT2D eigenvalue weighted by Gasteiger charge is -2.30. The van der Waals surface area contributed by atoms with E-state index in [2.05, 4.69) is 29.4 Å². The van der Waals surface area contributed by atoms with Crippen LogP contribution in [0.5, 0.6) is 0 Å². The first-order chi connectivity index (χ1) is 11.5. The summed E-state index contributed by atoms with van der Waals surface area (Å²) >= 11 is 0. The van der Waals surface area contributed by atoms with Crippen molar-refractivity contribution in [2.75, 3.05) is 27.2 Å². The molecule has 0 unspecified atom stereocenters. The van der Waals surface area contributed by atoms with Crippen molar-refractivity contribution in [1.82, 2.24) is 15.5 Å². The third kappa shape index (κ3) is 7.26. The molecule has 0 aliphatic rings. The highest BCUT2D eigenvalue weighted by Gasteiger charge is 2.27. The first kappa shape index (κ1) is 21.2. The summed E-state index contributed by atoms with van der Waals surface area (Å²) in [5.74, 6) is -0.348. The average molecular weight is 348 g/mol. The van der Waals surface area contributed by atoms with E-state index in [4.69, 9.17) is 0 Å². The maximum absolute atomic E-state index is 12.6. The Morgan fingerprint density at radius 1 is 1.20 bits per heavy atom. The Morgan fingerprint density at radius 3 is 2.36 bits per heavy atom. The maximum atomic E-state index is 12.6. The van der Waals surface area contributed by atoms with Gasteiger partial charge in [-0.2, -0.15) is 0 Å². The Kier molecular flexibility index (Phi) is 7.61. The molecule has 140 valence electrons. The average Bonchev–Trinajstić information content (AvgIpc) is 2.48. The largest absolute Gasteiger partial charge is 0.354 e. The van der Waals surface area contributed by atoms with Gasteiger partial charge in [0.05, 0.1) is 0 Å². The van der Waals surface area contributed by atoms with Crippen LogP contribution in [0.3, 0.4) is 0 Å². The van der Waals surface area contributed by atoms with Crippen molar-refractivity contribution in [3.63, 3.8) is 0 Å². The van der Waals surface area contributed by atoms with Gasteiger partial charge in [0.25, 0.3) is 5.91 Å². The Morgan fingerprint density at radius 2 is 1.84 bits per heavy atom. The van der Waals surface area contributed by atoms with Gasteiger partial charge in [-0.3, -0.25) is 9.59 Å². The van der Waals surface area contributed by atoms with E-state index < -0.39 is 6.04 Å². The molecule has 5 heteroatoms. The van der Waals surface area contributed by atoms with Gasteiger partial charge in [-0.15, -0.1) is 0 Å². The molecule has 1 aromatic rings. The molecule has 0 aliphatic heterocycles. The quantitative estimate of drug-likeness (QED) is 0.759. The smallest absolute Gasteiger partial charge is 0.251 e.